The maximum atomic E-state index is 12.3. The minimum atomic E-state index is -4.15. The normalized spacial score (nSPS) is 17.4. The van der Waals surface area contributed by atoms with E-state index in [1.165, 1.54) is 4.90 Å². The second-order valence-electron chi connectivity index (χ2n) is 5.96. The zero-order valence-corrected chi connectivity index (χ0v) is 13.4. The van der Waals surface area contributed by atoms with Gasteiger partial charge in [0.2, 0.25) is 0 Å². The van der Waals surface area contributed by atoms with E-state index in [9.17, 15) is 18.0 Å². The van der Waals surface area contributed by atoms with Gasteiger partial charge in [0, 0.05) is 6.54 Å². The number of likely N-dealkylation sites (tertiary alicyclic amines) is 1. The fourth-order valence-corrected chi connectivity index (χ4v) is 2.88. The number of aromatic nitrogens is 1. The van der Waals surface area contributed by atoms with Gasteiger partial charge in [0.1, 0.15) is 11.3 Å². The molecule has 0 radical (unpaired) electrons. The smallest absolute Gasteiger partial charge is 0.361 e. The molecular weight excluding hydrogens is 311 g/mol. The molecule has 0 aromatic carbocycles. The van der Waals surface area contributed by atoms with Crippen LogP contribution in [0.4, 0.5) is 13.2 Å². The summed E-state index contributed by atoms with van der Waals surface area (Å²) in [7, 11) is 0. The van der Waals surface area contributed by atoms with Crippen LogP contribution in [-0.4, -0.2) is 48.3 Å². The predicted octanol–water partition coefficient (Wildman–Crippen LogP) is 2.55. The second-order valence-corrected chi connectivity index (χ2v) is 5.96. The summed E-state index contributed by atoms with van der Waals surface area (Å²) in [5.41, 5.74) is 1.10. The molecule has 0 atom stereocenters. The van der Waals surface area contributed by atoms with Gasteiger partial charge in [-0.25, -0.2) is 0 Å². The Morgan fingerprint density at radius 1 is 1.39 bits per heavy atom. The fraction of sp³-hybridized carbons (Fsp3) is 0.733. The SMILES string of the molecule is CCc1noc(C)c1C(=O)NCC1CCN(CC(F)(F)F)CC1. The molecule has 1 amide bonds. The summed E-state index contributed by atoms with van der Waals surface area (Å²) in [6, 6.07) is 0. The molecule has 1 N–H and O–H groups in total. The minimum Gasteiger partial charge on any atom is -0.361 e. The van der Waals surface area contributed by atoms with Crippen LogP contribution >= 0.6 is 0 Å². The monoisotopic (exact) mass is 333 g/mol. The molecule has 5 nitrogen and oxygen atoms in total. The van der Waals surface area contributed by atoms with Gasteiger partial charge < -0.3 is 9.84 Å². The molecule has 0 unspecified atom stereocenters. The van der Waals surface area contributed by atoms with Gasteiger partial charge >= 0.3 is 6.18 Å². The fourth-order valence-electron chi connectivity index (χ4n) is 2.88. The van der Waals surface area contributed by atoms with E-state index < -0.39 is 12.7 Å². The van der Waals surface area contributed by atoms with Gasteiger partial charge in [-0.15, -0.1) is 0 Å². The summed E-state index contributed by atoms with van der Waals surface area (Å²) in [5, 5.41) is 6.70. The average Bonchev–Trinajstić information content (AvgIpc) is 2.85. The van der Waals surface area contributed by atoms with Crippen LogP contribution in [0.15, 0.2) is 4.52 Å². The van der Waals surface area contributed by atoms with Gasteiger partial charge in [0.25, 0.3) is 5.91 Å². The number of alkyl halides is 3. The Balaban J connectivity index is 1.79. The number of piperidine rings is 1. The molecule has 23 heavy (non-hydrogen) atoms. The number of carbonyl (C=O) groups is 1. The maximum absolute atomic E-state index is 12.3. The molecule has 1 aliphatic rings. The molecule has 1 saturated heterocycles. The van der Waals surface area contributed by atoms with Crippen LogP contribution in [0.5, 0.6) is 0 Å². The number of carbonyl (C=O) groups excluding carboxylic acids is 1. The molecule has 0 spiro atoms. The summed E-state index contributed by atoms with van der Waals surface area (Å²) >= 11 is 0. The van der Waals surface area contributed by atoms with Crippen LogP contribution in [0, 0.1) is 12.8 Å². The van der Waals surface area contributed by atoms with Gasteiger partial charge in [0.05, 0.1) is 12.2 Å². The Kier molecular flexibility index (Phi) is 5.67. The molecule has 1 aromatic heterocycles. The standard InChI is InChI=1S/C15H22F3N3O2/c1-3-12-13(10(2)23-20-12)14(22)19-8-11-4-6-21(7-5-11)9-15(16,17)18/h11H,3-9H2,1-2H3,(H,19,22). The van der Waals surface area contributed by atoms with Crippen LogP contribution in [0.3, 0.4) is 0 Å². The number of nitrogens with zero attached hydrogens (tertiary/aromatic N) is 2. The molecule has 8 heteroatoms. The number of nitrogens with one attached hydrogen (secondary N) is 1. The molecule has 1 aliphatic heterocycles. The van der Waals surface area contributed by atoms with Crippen LogP contribution in [-0.2, 0) is 6.42 Å². The molecule has 2 heterocycles. The molecule has 1 fully saturated rings. The number of hydrogen-bond acceptors (Lipinski definition) is 4. The third-order valence-corrected chi connectivity index (χ3v) is 4.16. The second kappa shape index (κ2) is 7.33. The van der Waals surface area contributed by atoms with Crippen LogP contribution in [0.25, 0.3) is 0 Å². The van der Waals surface area contributed by atoms with Crippen molar-refractivity contribution in [1.29, 1.82) is 0 Å². The van der Waals surface area contributed by atoms with Gasteiger partial charge in [-0.05, 0) is 45.2 Å². The Labute approximate surface area is 133 Å². The first kappa shape index (κ1) is 17.8. The summed E-state index contributed by atoms with van der Waals surface area (Å²) in [5.74, 6) is 0.464. The highest BCUT2D eigenvalue weighted by Gasteiger charge is 2.32. The number of halogens is 3. The highest BCUT2D eigenvalue weighted by Crippen LogP contribution is 2.22. The van der Waals surface area contributed by atoms with Gasteiger partial charge in [0.15, 0.2) is 0 Å². The van der Waals surface area contributed by atoms with Crippen molar-refractivity contribution in [3.8, 4) is 0 Å². The maximum Gasteiger partial charge on any atom is 0.401 e. The van der Waals surface area contributed by atoms with Crippen molar-refractivity contribution in [2.45, 2.75) is 39.3 Å². The molecular formula is C15H22F3N3O2. The zero-order valence-electron chi connectivity index (χ0n) is 13.4. The van der Waals surface area contributed by atoms with E-state index in [-0.39, 0.29) is 11.8 Å². The van der Waals surface area contributed by atoms with Crippen molar-refractivity contribution < 1.29 is 22.5 Å². The molecule has 130 valence electrons. The van der Waals surface area contributed by atoms with Crippen molar-refractivity contribution >= 4 is 5.91 Å². The average molecular weight is 333 g/mol. The first-order chi connectivity index (χ1) is 10.8. The highest BCUT2D eigenvalue weighted by atomic mass is 19.4. The first-order valence-corrected chi connectivity index (χ1v) is 7.82. The predicted molar refractivity (Wildman–Crippen MR) is 78.2 cm³/mol. The molecule has 0 bridgehead atoms. The number of aryl methyl sites for hydroxylation is 2. The van der Waals surface area contributed by atoms with E-state index in [0.717, 1.165) is 0 Å². The minimum absolute atomic E-state index is 0.202. The first-order valence-electron chi connectivity index (χ1n) is 7.82. The lowest BCUT2D eigenvalue weighted by Crippen LogP contribution is -2.42. The number of amides is 1. The largest absolute Gasteiger partial charge is 0.401 e. The third-order valence-electron chi connectivity index (χ3n) is 4.16. The van der Waals surface area contributed by atoms with Crippen molar-refractivity contribution in [2.75, 3.05) is 26.2 Å². The zero-order chi connectivity index (χ0) is 17.0. The summed E-state index contributed by atoms with van der Waals surface area (Å²) in [4.78, 5) is 13.6. The van der Waals surface area contributed by atoms with Crippen LogP contribution < -0.4 is 5.32 Å². The van der Waals surface area contributed by atoms with E-state index in [1.807, 2.05) is 6.92 Å². The van der Waals surface area contributed by atoms with E-state index in [1.54, 1.807) is 6.92 Å². The summed E-state index contributed by atoms with van der Waals surface area (Å²) < 4.78 is 42.1. The molecule has 1 aromatic rings. The third kappa shape index (κ3) is 4.95. The van der Waals surface area contributed by atoms with E-state index in [0.29, 0.717) is 55.9 Å². The molecule has 0 saturated carbocycles. The Hall–Kier alpha value is -1.57. The van der Waals surface area contributed by atoms with E-state index in [2.05, 4.69) is 10.5 Å². The Morgan fingerprint density at radius 2 is 2.04 bits per heavy atom. The summed E-state index contributed by atoms with van der Waals surface area (Å²) in [6.45, 7) is 4.01. The van der Waals surface area contributed by atoms with Crippen molar-refractivity contribution in [3.05, 3.63) is 17.0 Å². The Morgan fingerprint density at radius 3 is 2.61 bits per heavy atom. The summed E-state index contributed by atoms with van der Waals surface area (Å²) in [6.07, 6.45) is -2.24. The van der Waals surface area contributed by atoms with Crippen molar-refractivity contribution in [1.82, 2.24) is 15.4 Å². The molecule has 2 rings (SSSR count). The van der Waals surface area contributed by atoms with Crippen LogP contribution in [0.1, 0.15) is 41.6 Å². The topological polar surface area (TPSA) is 58.4 Å². The van der Waals surface area contributed by atoms with Gasteiger partial charge in [-0.3, -0.25) is 9.69 Å². The van der Waals surface area contributed by atoms with E-state index >= 15 is 0 Å². The quantitative estimate of drug-likeness (QED) is 0.900. The number of hydrogen-bond donors (Lipinski definition) is 1. The van der Waals surface area contributed by atoms with Crippen molar-refractivity contribution in [3.63, 3.8) is 0 Å². The Bertz CT molecular complexity index is 535. The van der Waals surface area contributed by atoms with E-state index in [4.69, 9.17) is 4.52 Å². The molecule has 0 aliphatic carbocycles. The highest BCUT2D eigenvalue weighted by molar-refractivity contribution is 5.96. The van der Waals surface area contributed by atoms with Crippen LogP contribution in [0.2, 0.25) is 0 Å². The lowest BCUT2D eigenvalue weighted by atomic mass is 9.96. The lowest BCUT2D eigenvalue weighted by Gasteiger charge is -2.32. The van der Waals surface area contributed by atoms with Crippen molar-refractivity contribution in [2.24, 2.45) is 5.92 Å². The lowest BCUT2D eigenvalue weighted by molar-refractivity contribution is -0.148. The van der Waals surface area contributed by atoms with Gasteiger partial charge in [-0.1, -0.05) is 12.1 Å². The van der Waals surface area contributed by atoms with Gasteiger partial charge in [-0.2, -0.15) is 13.2 Å². The number of rotatable bonds is 5.